The first-order valence-electron chi connectivity index (χ1n) is 9.32. The van der Waals surface area contributed by atoms with Gasteiger partial charge in [-0.15, -0.1) is 24.0 Å². The Morgan fingerprint density at radius 2 is 1.72 bits per heavy atom. The third-order valence-corrected chi connectivity index (χ3v) is 3.91. The molecule has 0 aliphatic carbocycles. The lowest BCUT2D eigenvalue weighted by Gasteiger charge is -2.12. The van der Waals surface area contributed by atoms with Crippen LogP contribution in [0.25, 0.3) is 0 Å². The number of hydrogen-bond acceptors (Lipinski definition) is 3. The molecule has 1 heterocycles. The van der Waals surface area contributed by atoms with Crippen molar-refractivity contribution in [1.29, 1.82) is 0 Å². The quantitative estimate of drug-likeness (QED) is 0.195. The van der Waals surface area contributed by atoms with Crippen LogP contribution in [-0.2, 0) is 12.7 Å². The molecule has 0 aliphatic rings. The number of benzene rings is 1. The van der Waals surface area contributed by atoms with Gasteiger partial charge in [-0.1, -0.05) is 18.2 Å². The van der Waals surface area contributed by atoms with E-state index in [1.807, 2.05) is 25.1 Å². The first-order valence-corrected chi connectivity index (χ1v) is 9.32. The Labute approximate surface area is 186 Å². The molecule has 5 nitrogen and oxygen atoms in total. The van der Waals surface area contributed by atoms with Gasteiger partial charge in [0.05, 0.1) is 12.1 Å². The summed E-state index contributed by atoms with van der Waals surface area (Å²) in [5, 5.41) is 9.63. The van der Waals surface area contributed by atoms with E-state index >= 15 is 0 Å². The number of aliphatic imine (C=N–C) groups is 1. The Hall–Kier alpha value is -2.04. The van der Waals surface area contributed by atoms with Crippen molar-refractivity contribution in [2.24, 2.45) is 4.99 Å². The van der Waals surface area contributed by atoms with E-state index in [0.29, 0.717) is 19.0 Å². The highest BCUT2D eigenvalue weighted by Crippen LogP contribution is 2.29. The maximum Gasteiger partial charge on any atom is 0.416 e. The Morgan fingerprint density at radius 3 is 2.34 bits per heavy atom. The summed E-state index contributed by atoms with van der Waals surface area (Å²) < 4.78 is 37.8. The van der Waals surface area contributed by atoms with Crippen molar-refractivity contribution >= 4 is 35.8 Å². The summed E-state index contributed by atoms with van der Waals surface area (Å²) in [6.07, 6.45) is -0.643. The lowest BCUT2D eigenvalue weighted by Crippen LogP contribution is -2.37. The van der Waals surface area contributed by atoms with Gasteiger partial charge in [0.2, 0.25) is 0 Å². The van der Waals surface area contributed by atoms with Gasteiger partial charge >= 0.3 is 6.18 Å². The summed E-state index contributed by atoms with van der Waals surface area (Å²) >= 11 is 0. The lowest BCUT2D eigenvalue weighted by atomic mass is 10.1. The molecule has 0 saturated carbocycles. The Balaban J connectivity index is 0.00000420. The van der Waals surface area contributed by atoms with Crippen molar-refractivity contribution in [2.45, 2.75) is 32.5 Å². The lowest BCUT2D eigenvalue weighted by molar-refractivity contribution is -0.137. The monoisotopic (exact) mass is 521 g/mol. The standard InChI is InChI=1S/C20H26F3N5.HI/c1-2-24-19(27-14-6-5-13-26-18-7-3-4-12-25-18)28-15-16-8-10-17(11-9-16)20(21,22)23;/h3-4,7-12H,2,5-6,13-15H2,1H3,(H,25,26)(H2,24,27,28);1H. The number of aromatic nitrogens is 1. The molecular formula is C20H27F3IN5. The number of rotatable bonds is 9. The molecule has 0 amide bonds. The third kappa shape index (κ3) is 9.82. The zero-order valence-electron chi connectivity index (χ0n) is 16.3. The molecule has 0 atom stereocenters. The van der Waals surface area contributed by atoms with E-state index in [9.17, 15) is 13.2 Å². The molecule has 0 bridgehead atoms. The van der Waals surface area contributed by atoms with Crippen LogP contribution in [0.1, 0.15) is 30.9 Å². The smallest absolute Gasteiger partial charge is 0.370 e. The van der Waals surface area contributed by atoms with Crippen LogP contribution in [0, 0.1) is 0 Å². The Morgan fingerprint density at radius 1 is 1.00 bits per heavy atom. The average Bonchev–Trinajstić information content (AvgIpc) is 2.69. The first kappa shape index (κ1) is 25.0. The van der Waals surface area contributed by atoms with Crippen LogP contribution in [0.4, 0.5) is 19.0 Å². The molecule has 0 fully saturated rings. The Kier molecular flexibility index (Phi) is 11.4. The molecule has 29 heavy (non-hydrogen) atoms. The van der Waals surface area contributed by atoms with Gasteiger partial charge in [0.1, 0.15) is 5.82 Å². The number of nitrogens with one attached hydrogen (secondary N) is 3. The number of pyridine rings is 1. The van der Waals surface area contributed by atoms with Crippen LogP contribution < -0.4 is 16.0 Å². The highest BCUT2D eigenvalue weighted by atomic mass is 127. The summed E-state index contributed by atoms with van der Waals surface area (Å²) in [6, 6.07) is 10.8. The molecule has 0 unspecified atom stereocenters. The minimum atomic E-state index is -4.32. The summed E-state index contributed by atoms with van der Waals surface area (Å²) in [7, 11) is 0. The molecule has 9 heteroatoms. The van der Waals surface area contributed by atoms with Crippen molar-refractivity contribution in [3.05, 3.63) is 59.8 Å². The zero-order valence-corrected chi connectivity index (χ0v) is 18.6. The van der Waals surface area contributed by atoms with Crippen molar-refractivity contribution in [2.75, 3.05) is 25.0 Å². The van der Waals surface area contributed by atoms with E-state index in [-0.39, 0.29) is 24.0 Å². The van der Waals surface area contributed by atoms with Crippen LogP contribution in [-0.4, -0.2) is 30.6 Å². The molecule has 0 saturated heterocycles. The molecule has 0 spiro atoms. The second kappa shape index (κ2) is 13.2. The van der Waals surface area contributed by atoms with E-state index in [4.69, 9.17) is 0 Å². The second-order valence-corrected chi connectivity index (χ2v) is 6.17. The molecule has 1 aromatic carbocycles. The third-order valence-electron chi connectivity index (χ3n) is 3.91. The van der Waals surface area contributed by atoms with Gasteiger partial charge in [-0.2, -0.15) is 13.2 Å². The van der Waals surface area contributed by atoms with E-state index in [1.165, 1.54) is 12.1 Å². The molecule has 160 valence electrons. The number of guanidine groups is 1. The summed E-state index contributed by atoms with van der Waals surface area (Å²) in [6.45, 7) is 4.57. The molecule has 2 rings (SSSR count). The van der Waals surface area contributed by atoms with E-state index in [1.54, 1.807) is 6.20 Å². The van der Waals surface area contributed by atoms with E-state index in [0.717, 1.165) is 49.4 Å². The predicted molar refractivity (Wildman–Crippen MR) is 122 cm³/mol. The summed E-state index contributed by atoms with van der Waals surface area (Å²) in [4.78, 5) is 8.63. The molecule has 0 radical (unpaired) electrons. The highest BCUT2D eigenvalue weighted by molar-refractivity contribution is 14.0. The van der Waals surface area contributed by atoms with Gasteiger partial charge in [-0.05, 0) is 49.6 Å². The van der Waals surface area contributed by atoms with Gasteiger partial charge in [0.25, 0.3) is 0 Å². The van der Waals surface area contributed by atoms with Gasteiger partial charge in [-0.25, -0.2) is 9.98 Å². The molecule has 2 aromatic rings. The van der Waals surface area contributed by atoms with E-state index in [2.05, 4.69) is 25.9 Å². The average molecular weight is 521 g/mol. The number of anilines is 1. The number of nitrogens with zero attached hydrogens (tertiary/aromatic N) is 2. The summed E-state index contributed by atoms with van der Waals surface area (Å²) in [5.41, 5.74) is 0.0781. The number of hydrogen-bond donors (Lipinski definition) is 3. The van der Waals surface area contributed by atoms with Gasteiger partial charge < -0.3 is 16.0 Å². The first-order chi connectivity index (χ1) is 13.5. The number of halogens is 4. The maximum atomic E-state index is 12.6. The largest absolute Gasteiger partial charge is 0.416 e. The number of unbranched alkanes of at least 4 members (excludes halogenated alkanes) is 1. The van der Waals surface area contributed by atoms with Crippen molar-refractivity contribution in [1.82, 2.24) is 15.6 Å². The topological polar surface area (TPSA) is 61.3 Å². The Bertz CT molecular complexity index is 721. The number of alkyl halides is 3. The normalized spacial score (nSPS) is 11.5. The fourth-order valence-electron chi connectivity index (χ4n) is 2.45. The second-order valence-electron chi connectivity index (χ2n) is 6.17. The molecule has 1 aromatic heterocycles. The fraction of sp³-hybridized carbons (Fsp3) is 0.400. The molecule has 3 N–H and O–H groups in total. The maximum absolute atomic E-state index is 12.6. The molecule has 0 aliphatic heterocycles. The zero-order chi connectivity index (χ0) is 20.2. The van der Waals surface area contributed by atoms with Crippen LogP contribution in [0.2, 0.25) is 0 Å². The summed E-state index contributed by atoms with van der Waals surface area (Å²) in [5.74, 6) is 1.52. The van der Waals surface area contributed by atoms with Crippen LogP contribution in [0.3, 0.4) is 0 Å². The van der Waals surface area contributed by atoms with Gasteiger partial charge in [0, 0.05) is 25.8 Å². The van der Waals surface area contributed by atoms with E-state index < -0.39 is 11.7 Å². The van der Waals surface area contributed by atoms with Crippen molar-refractivity contribution in [3.8, 4) is 0 Å². The van der Waals surface area contributed by atoms with Crippen LogP contribution >= 0.6 is 24.0 Å². The molecular weight excluding hydrogens is 494 g/mol. The minimum Gasteiger partial charge on any atom is -0.370 e. The highest BCUT2D eigenvalue weighted by Gasteiger charge is 2.29. The van der Waals surface area contributed by atoms with Crippen LogP contribution in [0.5, 0.6) is 0 Å². The predicted octanol–water partition coefficient (Wildman–Crippen LogP) is 4.67. The van der Waals surface area contributed by atoms with Crippen molar-refractivity contribution < 1.29 is 13.2 Å². The SMILES string of the molecule is CCNC(=NCc1ccc(C(F)(F)F)cc1)NCCCCNc1ccccn1.I. The van der Waals surface area contributed by atoms with Crippen molar-refractivity contribution in [3.63, 3.8) is 0 Å². The fourth-order valence-corrected chi connectivity index (χ4v) is 2.45. The minimum absolute atomic E-state index is 0. The van der Waals surface area contributed by atoms with Crippen LogP contribution in [0.15, 0.2) is 53.7 Å². The van der Waals surface area contributed by atoms with Gasteiger partial charge in [0.15, 0.2) is 5.96 Å². The van der Waals surface area contributed by atoms with Gasteiger partial charge in [-0.3, -0.25) is 0 Å².